The number of aromatic nitrogens is 2. The van der Waals surface area contributed by atoms with E-state index in [4.69, 9.17) is 0 Å². The van der Waals surface area contributed by atoms with Crippen LogP contribution in [0.3, 0.4) is 0 Å². The van der Waals surface area contributed by atoms with Crippen LogP contribution in [0.4, 0.5) is 17.1 Å². The summed E-state index contributed by atoms with van der Waals surface area (Å²) in [6, 6.07) is 14.3. The number of H-pyrrole nitrogens is 1. The van der Waals surface area contributed by atoms with E-state index in [0.717, 1.165) is 32.1 Å². The Morgan fingerprint density at radius 3 is 2.88 bits per heavy atom. The van der Waals surface area contributed by atoms with E-state index in [1.54, 1.807) is 18.3 Å². The molecule has 0 unspecified atom stereocenters. The summed E-state index contributed by atoms with van der Waals surface area (Å²) in [5, 5.41) is 16.2. The molecule has 4 rings (SSSR count). The molecule has 2 heterocycles. The zero-order chi connectivity index (χ0) is 16.7. The lowest BCUT2D eigenvalue weighted by Crippen LogP contribution is -1.94. The Morgan fingerprint density at radius 2 is 2.04 bits per heavy atom. The molecule has 0 amide bonds. The summed E-state index contributed by atoms with van der Waals surface area (Å²) in [7, 11) is 0. The molecule has 0 saturated heterocycles. The highest BCUT2D eigenvalue weighted by Crippen LogP contribution is 2.34. The summed E-state index contributed by atoms with van der Waals surface area (Å²) in [4.78, 5) is 18.2. The van der Waals surface area contributed by atoms with Gasteiger partial charge in [0, 0.05) is 39.4 Å². The van der Waals surface area contributed by atoms with Gasteiger partial charge in [0.2, 0.25) is 0 Å². The monoisotopic (exact) mass is 382 g/mol. The number of hydrogen-bond donors (Lipinski definition) is 2. The highest BCUT2D eigenvalue weighted by atomic mass is 79.9. The molecule has 0 saturated carbocycles. The molecule has 6 nitrogen and oxygen atoms in total. The maximum Gasteiger partial charge on any atom is 0.271 e. The first kappa shape index (κ1) is 14.6. The van der Waals surface area contributed by atoms with E-state index in [1.165, 1.54) is 12.1 Å². The second-order valence-corrected chi connectivity index (χ2v) is 6.25. The molecule has 0 spiro atoms. The summed E-state index contributed by atoms with van der Waals surface area (Å²) in [6.07, 6.45) is 1.70. The Hall–Kier alpha value is -2.93. The summed E-state index contributed by atoms with van der Waals surface area (Å²) in [6.45, 7) is 0. The second kappa shape index (κ2) is 5.61. The number of hydrogen-bond acceptors (Lipinski definition) is 4. The standard InChI is InChI=1S/C17H11BrN4O2/c18-10-4-5-14-13(8-10)16-15(6-7-19-17(16)21-14)20-11-2-1-3-12(9-11)22(23)24/h1-9H,(H2,19,20,21). The fraction of sp³-hybridized carbons (Fsp3) is 0. The number of pyridine rings is 1. The molecule has 0 aliphatic heterocycles. The van der Waals surface area contributed by atoms with Crippen molar-refractivity contribution in [2.75, 3.05) is 5.32 Å². The molecule has 2 aromatic heterocycles. The van der Waals surface area contributed by atoms with Crippen LogP contribution in [0.25, 0.3) is 21.9 Å². The van der Waals surface area contributed by atoms with E-state index in [-0.39, 0.29) is 5.69 Å². The lowest BCUT2D eigenvalue weighted by Gasteiger charge is -2.08. The van der Waals surface area contributed by atoms with Crippen molar-refractivity contribution in [3.8, 4) is 0 Å². The third-order valence-electron chi connectivity index (χ3n) is 3.79. The van der Waals surface area contributed by atoms with Crippen LogP contribution in [0.1, 0.15) is 0 Å². The summed E-state index contributed by atoms with van der Waals surface area (Å²) >= 11 is 3.49. The van der Waals surface area contributed by atoms with Crippen molar-refractivity contribution in [2.24, 2.45) is 0 Å². The molecule has 0 aliphatic rings. The minimum Gasteiger partial charge on any atom is -0.355 e. The number of rotatable bonds is 3. The number of nitrogens with one attached hydrogen (secondary N) is 2. The number of nitro benzene ring substituents is 1. The second-order valence-electron chi connectivity index (χ2n) is 5.33. The predicted molar refractivity (Wildman–Crippen MR) is 97.7 cm³/mol. The van der Waals surface area contributed by atoms with Crippen molar-refractivity contribution < 1.29 is 4.92 Å². The van der Waals surface area contributed by atoms with Gasteiger partial charge in [-0.15, -0.1) is 0 Å². The van der Waals surface area contributed by atoms with E-state index in [9.17, 15) is 10.1 Å². The number of non-ortho nitro benzene ring substituents is 1. The minimum absolute atomic E-state index is 0.0481. The maximum absolute atomic E-state index is 10.9. The van der Waals surface area contributed by atoms with E-state index in [0.29, 0.717) is 5.69 Å². The number of fused-ring (bicyclic) bond motifs is 3. The summed E-state index contributed by atoms with van der Waals surface area (Å²) in [5.74, 6) is 0. The van der Waals surface area contributed by atoms with Crippen LogP contribution in [0, 0.1) is 10.1 Å². The van der Waals surface area contributed by atoms with Crippen molar-refractivity contribution >= 4 is 54.9 Å². The normalized spacial score (nSPS) is 11.0. The Morgan fingerprint density at radius 1 is 1.17 bits per heavy atom. The van der Waals surface area contributed by atoms with Gasteiger partial charge in [0.1, 0.15) is 5.65 Å². The zero-order valence-corrected chi connectivity index (χ0v) is 13.9. The Balaban J connectivity index is 1.87. The van der Waals surface area contributed by atoms with Crippen molar-refractivity contribution in [2.45, 2.75) is 0 Å². The summed E-state index contributed by atoms with van der Waals surface area (Å²) < 4.78 is 0.973. The van der Waals surface area contributed by atoms with Gasteiger partial charge in [-0.2, -0.15) is 0 Å². The highest BCUT2D eigenvalue weighted by molar-refractivity contribution is 9.10. The van der Waals surface area contributed by atoms with Gasteiger partial charge in [-0.25, -0.2) is 4.98 Å². The fourth-order valence-corrected chi connectivity index (χ4v) is 3.11. The number of halogens is 1. The van der Waals surface area contributed by atoms with E-state index in [2.05, 4.69) is 31.2 Å². The van der Waals surface area contributed by atoms with Crippen molar-refractivity contribution in [1.82, 2.24) is 9.97 Å². The zero-order valence-electron chi connectivity index (χ0n) is 12.3. The van der Waals surface area contributed by atoms with Crippen LogP contribution < -0.4 is 5.32 Å². The predicted octanol–water partition coefficient (Wildman–Crippen LogP) is 5.13. The molecule has 0 bridgehead atoms. The quantitative estimate of drug-likeness (QED) is 0.379. The van der Waals surface area contributed by atoms with Gasteiger partial charge in [0.05, 0.1) is 16.0 Å². The van der Waals surface area contributed by atoms with Crippen molar-refractivity contribution in [3.63, 3.8) is 0 Å². The minimum atomic E-state index is -0.407. The van der Waals surface area contributed by atoms with E-state index in [1.807, 2.05) is 24.3 Å². The molecular formula is C17H11BrN4O2. The van der Waals surface area contributed by atoms with E-state index < -0.39 is 4.92 Å². The lowest BCUT2D eigenvalue weighted by atomic mass is 10.1. The van der Waals surface area contributed by atoms with Gasteiger partial charge in [-0.3, -0.25) is 10.1 Å². The van der Waals surface area contributed by atoms with Crippen molar-refractivity contribution in [1.29, 1.82) is 0 Å². The lowest BCUT2D eigenvalue weighted by molar-refractivity contribution is -0.384. The molecule has 0 fully saturated rings. The SMILES string of the molecule is O=[N+]([O-])c1cccc(Nc2ccnc3[nH]c4ccc(Br)cc4c23)c1. The fourth-order valence-electron chi connectivity index (χ4n) is 2.75. The molecule has 0 atom stereocenters. The molecule has 118 valence electrons. The smallest absolute Gasteiger partial charge is 0.271 e. The third kappa shape index (κ3) is 2.48. The summed E-state index contributed by atoms with van der Waals surface area (Å²) in [5.41, 5.74) is 3.28. The molecule has 24 heavy (non-hydrogen) atoms. The van der Waals surface area contributed by atoms with Crippen LogP contribution in [-0.2, 0) is 0 Å². The average molecular weight is 383 g/mol. The molecule has 2 aromatic carbocycles. The number of aromatic amines is 1. The molecule has 7 heteroatoms. The van der Waals surface area contributed by atoms with Crippen LogP contribution in [0.5, 0.6) is 0 Å². The van der Waals surface area contributed by atoms with Gasteiger partial charge in [-0.05, 0) is 30.3 Å². The van der Waals surface area contributed by atoms with Crippen LogP contribution in [-0.4, -0.2) is 14.9 Å². The molecule has 4 aromatic rings. The van der Waals surface area contributed by atoms with Gasteiger partial charge >= 0.3 is 0 Å². The van der Waals surface area contributed by atoms with Crippen LogP contribution >= 0.6 is 15.9 Å². The van der Waals surface area contributed by atoms with E-state index >= 15 is 0 Å². The first-order valence-electron chi connectivity index (χ1n) is 7.19. The van der Waals surface area contributed by atoms with Gasteiger partial charge in [-0.1, -0.05) is 22.0 Å². The largest absolute Gasteiger partial charge is 0.355 e. The number of anilines is 2. The van der Waals surface area contributed by atoms with Gasteiger partial charge in [0.15, 0.2) is 0 Å². The van der Waals surface area contributed by atoms with Crippen LogP contribution in [0.15, 0.2) is 59.2 Å². The highest BCUT2D eigenvalue weighted by Gasteiger charge is 2.12. The number of nitrogens with zero attached hydrogens (tertiary/aromatic N) is 2. The van der Waals surface area contributed by atoms with Gasteiger partial charge < -0.3 is 10.3 Å². The number of nitro groups is 1. The topological polar surface area (TPSA) is 83.8 Å². The molecule has 0 aliphatic carbocycles. The molecule has 2 N–H and O–H groups in total. The first-order valence-corrected chi connectivity index (χ1v) is 7.98. The third-order valence-corrected chi connectivity index (χ3v) is 4.28. The Kier molecular flexibility index (Phi) is 3.42. The molecule has 0 radical (unpaired) electrons. The first-order chi connectivity index (χ1) is 11.6. The van der Waals surface area contributed by atoms with Gasteiger partial charge in [0.25, 0.3) is 5.69 Å². The van der Waals surface area contributed by atoms with Crippen molar-refractivity contribution in [3.05, 3.63) is 69.3 Å². The Labute approximate surface area is 144 Å². The number of benzene rings is 2. The average Bonchev–Trinajstić information content (AvgIpc) is 2.94. The van der Waals surface area contributed by atoms with Crippen LogP contribution in [0.2, 0.25) is 0 Å². The molecular weight excluding hydrogens is 372 g/mol. The maximum atomic E-state index is 10.9. The Bertz CT molecular complexity index is 1090.